The maximum atomic E-state index is 5.30. The Morgan fingerprint density at radius 1 is 1.40 bits per heavy atom. The third kappa shape index (κ3) is 1.44. The molecule has 2 aliphatic rings. The zero-order valence-electron chi connectivity index (χ0n) is 9.12. The van der Waals surface area contributed by atoms with Crippen molar-refractivity contribution in [2.24, 2.45) is 0 Å². The first-order valence-electron chi connectivity index (χ1n) is 5.78. The molecule has 0 radical (unpaired) electrons. The maximum Gasteiger partial charge on any atom is 0.119 e. The summed E-state index contributed by atoms with van der Waals surface area (Å²) in [5, 5.41) is 3.62. The quantitative estimate of drug-likeness (QED) is 0.754. The summed E-state index contributed by atoms with van der Waals surface area (Å²) >= 11 is 0. The van der Waals surface area contributed by atoms with Crippen LogP contribution >= 0.6 is 0 Å². The van der Waals surface area contributed by atoms with Gasteiger partial charge in [-0.25, -0.2) is 0 Å². The monoisotopic (exact) mass is 203 g/mol. The fraction of sp³-hybridized carbons (Fsp3) is 0.538. The van der Waals surface area contributed by atoms with Gasteiger partial charge >= 0.3 is 0 Å². The molecule has 1 N–H and O–H groups in total. The van der Waals surface area contributed by atoms with Gasteiger partial charge in [0.2, 0.25) is 0 Å². The van der Waals surface area contributed by atoms with E-state index in [-0.39, 0.29) is 0 Å². The Kier molecular flexibility index (Phi) is 2.17. The normalized spacial score (nSPS) is 28.3. The molecule has 1 fully saturated rings. The molecular formula is C13H17NO. The predicted molar refractivity (Wildman–Crippen MR) is 60.5 cm³/mol. The average molecular weight is 203 g/mol. The van der Waals surface area contributed by atoms with Crippen LogP contribution in [0.1, 0.15) is 29.9 Å². The number of hydrogen-bond acceptors (Lipinski definition) is 2. The molecule has 2 nitrogen and oxygen atoms in total. The second kappa shape index (κ2) is 3.53. The van der Waals surface area contributed by atoms with Crippen LogP contribution in [0.4, 0.5) is 0 Å². The standard InChI is InChI=1S/C13H17NO/c1-15-10-5-4-9-7-13-11(12(9)8-10)3-2-6-14-13/h4-5,8,11,13-14H,2-3,6-7H2,1H3/t11?,13-/m0/s1. The van der Waals surface area contributed by atoms with Crippen LogP contribution < -0.4 is 10.1 Å². The highest BCUT2D eigenvalue weighted by atomic mass is 16.5. The van der Waals surface area contributed by atoms with Crippen LogP contribution in [0.3, 0.4) is 0 Å². The van der Waals surface area contributed by atoms with E-state index in [4.69, 9.17) is 4.74 Å². The molecule has 0 bridgehead atoms. The van der Waals surface area contributed by atoms with E-state index in [2.05, 4.69) is 23.5 Å². The smallest absolute Gasteiger partial charge is 0.119 e. The second-order valence-corrected chi connectivity index (χ2v) is 4.58. The van der Waals surface area contributed by atoms with Crippen LogP contribution in [0.15, 0.2) is 18.2 Å². The molecule has 1 aliphatic carbocycles. The van der Waals surface area contributed by atoms with Crippen molar-refractivity contribution in [3.8, 4) is 5.75 Å². The van der Waals surface area contributed by atoms with Crippen molar-refractivity contribution in [1.29, 1.82) is 0 Å². The Labute approximate surface area is 90.6 Å². The van der Waals surface area contributed by atoms with Crippen molar-refractivity contribution in [2.75, 3.05) is 13.7 Å². The molecular weight excluding hydrogens is 186 g/mol. The number of benzene rings is 1. The van der Waals surface area contributed by atoms with Crippen molar-refractivity contribution >= 4 is 0 Å². The van der Waals surface area contributed by atoms with Gasteiger partial charge in [0.1, 0.15) is 5.75 Å². The van der Waals surface area contributed by atoms with Crippen molar-refractivity contribution in [3.63, 3.8) is 0 Å². The van der Waals surface area contributed by atoms with Gasteiger partial charge in [-0.05, 0) is 55.0 Å². The van der Waals surface area contributed by atoms with Crippen LogP contribution in [-0.2, 0) is 6.42 Å². The minimum Gasteiger partial charge on any atom is -0.497 e. The Hall–Kier alpha value is -1.02. The molecule has 1 aromatic carbocycles. The molecule has 80 valence electrons. The molecule has 2 heteroatoms. The van der Waals surface area contributed by atoms with Crippen molar-refractivity contribution in [1.82, 2.24) is 5.32 Å². The first-order valence-corrected chi connectivity index (χ1v) is 5.78. The first kappa shape index (κ1) is 9.22. The predicted octanol–water partition coefficient (Wildman–Crippen LogP) is 2.09. The topological polar surface area (TPSA) is 21.3 Å². The molecule has 0 aromatic heterocycles. The highest BCUT2D eigenvalue weighted by Crippen LogP contribution is 2.39. The lowest BCUT2D eigenvalue weighted by Gasteiger charge is -2.27. The summed E-state index contributed by atoms with van der Waals surface area (Å²) in [6.45, 7) is 1.19. The molecule has 15 heavy (non-hydrogen) atoms. The molecule has 1 aromatic rings. The third-order valence-corrected chi connectivity index (χ3v) is 3.78. The summed E-state index contributed by atoms with van der Waals surface area (Å²) < 4.78 is 5.30. The minimum atomic E-state index is 0.681. The summed E-state index contributed by atoms with van der Waals surface area (Å²) in [6.07, 6.45) is 3.83. The lowest BCUT2D eigenvalue weighted by Crippen LogP contribution is -2.37. The average Bonchev–Trinajstić information content (AvgIpc) is 2.66. The number of nitrogens with one attached hydrogen (secondary N) is 1. The molecule has 0 amide bonds. The fourth-order valence-corrected chi connectivity index (χ4v) is 3.01. The molecule has 1 heterocycles. The van der Waals surface area contributed by atoms with E-state index in [9.17, 15) is 0 Å². The van der Waals surface area contributed by atoms with Gasteiger partial charge in [-0.15, -0.1) is 0 Å². The number of fused-ring (bicyclic) bond motifs is 3. The summed E-state index contributed by atoms with van der Waals surface area (Å²) in [4.78, 5) is 0. The van der Waals surface area contributed by atoms with Crippen LogP contribution in [0.5, 0.6) is 5.75 Å². The summed E-state index contributed by atoms with van der Waals surface area (Å²) in [7, 11) is 1.74. The molecule has 1 unspecified atom stereocenters. The summed E-state index contributed by atoms with van der Waals surface area (Å²) in [6, 6.07) is 7.22. The third-order valence-electron chi connectivity index (χ3n) is 3.78. The Morgan fingerprint density at radius 3 is 3.20 bits per heavy atom. The summed E-state index contributed by atoms with van der Waals surface area (Å²) in [5.74, 6) is 1.73. The van der Waals surface area contributed by atoms with E-state index in [1.54, 1.807) is 7.11 Å². The Bertz CT molecular complexity index is 375. The minimum absolute atomic E-state index is 0.681. The second-order valence-electron chi connectivity index (χ2n) is 4.58. The van der Waals surface area contributed by atoms with Gasteiger partial charge in [0.05, 0.1) is 7.11 Å². The molecule has 1 aliphatic heterocycles. The van der Waals surface area contributed by atoms with Gasteiger partial charge in [0.25, 0.3) is 0 Å². The van der Waals surface area contributed by atoms with Gasteiger partial charge in [-0.1, -0.05) is 6.07 Å². The number of piperidine rings is 1. The maximum absolute atomic E-state index is 5.30. The zero-order chi connectivity index (χ0) is 10.3. The number of hydrogen-bond donors (Lipinski definition) is 1. The van der Waals surface area contributed by atoms with Crippen LogP contribution in [0.2, 0.25) is 0 Å². The zero-order valence-corrected chi connectivity index (χ0v) is 9.12. The number of rotatable bonds is 1. The Morgan fingerprint density at radius 2 is 2.33 bits per heavy atom. The molecule has 0 saturated carbocycles. The van der Waals surface area contributed by atoms with Crippen molar-refractivity contribution < 1.29 is 4.74 Å². The number of ether oxygens (including phenoxy) is 1. The highest BCUT2D eigenvalue weighted by Gasteiger charge is 2.33. The first-order chi connectivity index (χ1) is 7.38. The largest absolute Gasteiger partial charge is 0.497 e. The van der Waals surface area contributed by atoms with E-state index in [0.29, 0.717) is 6.04 Å². The van der Waals surface area contributed by atoms with Crippen molar-refractivity contribution in [3.05, 3.63) is 29.3 Å². The summed E-state index contributed by atoms with van der Waals surface area (Å²) in [5.41, 5.74) is 3.03. The van der Waals surface area contributed by atoms with Gasteiger partial charge in [-0.2, -0.15) is 0 Å². The number of methoxy groups -OCH3 is 1. The molecule has 3 rings (SSSR count). The van der Waals surface area contributed by atoms with E-state index in [1.165, 1.54) is 36.9 Å². The highest BCUT2D eigenvalue weighted by molar-refractivity contribution is 5.43. The molecule has 0 spiro atoms. The van der Waals surface area contributed by atoms with Crippen LogP contribution in [0.25, 0.3) is 0 Å². The van der Waals surface area contributed by atoms with Gasteiger partial charge in [-0.3, -0.25) is 0 Å². The van der Waals surface area contributed by atoms with E-state index in [1.807, 2.05) is 0 Å². The fourth-order valence-electron chi connectivity index (χ4n) is 3.01. The lowest BCUT2D eigenvalue weighted by molar-refractivity contribution is 0.371. The van der Waals surface area contributed by atoms with E-state index >= 15 is 0 Å². The van der Waals surface area contributed by atoms with E-state index < -0.39 is 0 Å². The van der Waals surface area contributed by atoms with Gasteiger partial charge < -0.3 is 10.1 Å². The van der Waals surface area contributed by atoms with Crippen LogP contribution in [0, 0.1) is 0 Å². The van der Waals surface area contributed by atoms with Crippen LogP contribution in [-0.4, -0.2) is 19.7 Å². The van der Waals surface area contributed by atoms with Gasteiger partial charge in [0, 0.05) is 6.04 Å². The molecule has 1 saturated heterocycles. The lowest BCUT2D eigenvalue weighted by atomic mass is 9.90. The van der Waals surface area contributed by atoms with Gasteiger partial charge in [0.15, 0.2) is 0 Å². The molecule has 2 atom stereocenters. The van der Waals surface area contributed by atoms with E-state index in [0.717, 1.165) is 11.7 Å². The SMILES string of the molecule is COc1ccc2c(c1)C1CCCN[C@H]1C2. The Balaban J connectivity index is 1.98. The van der Waals surface area contributed by atoms with Crippen molar-refractivity contribution in [2.45, 2.75) is 31.2 Å².